The van der Waals surface area contributed by atoms with Gasteiger partial charge < -0.3 is 10.4 Å². The zero-order valence-electron chi connectivity index (χ0n) is 12.2. The Labute approximate surface area is 125 Å². The van der Waals surface area contributed by atoms with Crippen LogP contribution >= 0.6 is 0 Å². The fraction of sp³-hybridized carbons (Fsp3) is 0.647. The first kappa shape index (κ1) is 13.1. The van der Waals surface area contributed by atoms with Crippen LogP contribution < -0.4 is 5.32 Å². The van der Waals surface area contributed by atoms with Gasteiger partial charge in [0, 0.05) is 12.7 Å². The third kappa shape index (κ3) is 2.30. The molecule has 0 spiro atoms. The fourth-order valence-corrected chi connectivity index (χ4v) is 5.32. The Morgan fingerprint density at radius 1 is 1.19 bits per heavy atom. The van der Waals surface area contributed by atoms with Crippen LogP contribution in [0.15, 0.2) is 18.5 Å². The Kier molecular flexibility index (Phi) is 3.12. The molecule has 1 heterocycles. The number of nitrogens with one attached hydrogen (secondary N) is 1. The van der Waals surface area contributed by atoms with Crippen molar-refractivity contribution in [3.63, 3.8) is 0 Å². The molecule has 0 saturated heterocycles. The van der Waals surface area contributed by atoms with E-state index in [9.17, 15) is 9.90 Å². The normalized spacial score (nSPS) is 36.7. The minimum absolute atomic E-state index is 0.328. The Hall–Kier alpha value is -1.58. The first-order valence-corrected chi connectivity index (χ1v) is 8.12. The van der Waals surface area contributed by atoms with E-state index in [1.165, 1.54) is 38.3 Å². The van der Waals surface area contributed by atoms with Crippen LogP contribution in [0.1, 0.15) is 42.5 Å². The van der Waals surface area contributed by atoms with E-state index in [1.807, 2.05) is 0 Å². The zero-order valence-corrected chi connectivity index (χ0v) is 12.2. The summed E-state index contributed by atoms with van der Waals surface area (Å²) in [6.45, 7) is 0.904. The molecule has 4 fully saturated rings. The Bertz CT molecular complexity index is 529. The van der Waals surface area contributed by atoms with E-state index in [0.29, 0.717) is 11.3 Å². The van der Waals surface area contributed by atoms with Crippen molar-refractivity contribution in [1.82, 2.24) is 4.98 Å². The summed E-state index contributed by atoms with van der Waals surface area (Å²) < 4.78 is 0. The van der Waals surface area contributed by atoms with Crippen LogP contribution in [0.25, 0.3) is 0 Å². The van der Waals surface area contributed by atoms with E-state index in [2.05, 4.69) is 10.3 Å². The third-order valence-electron chi connectivity index (χ3n) is 6.00. The predicted octanol–water partition coefficient (Wildman–Crippen LogP) is 3.26. The number of hydrogen-bond acceptors (Lipinski definition) is 3. The van der Waals surface area contributed by atoms with Crippen LogP contribution in [0.5, 0.6) is 0 Å². The van der Waals surface area contributed by atoms with Gasteiger partial charge in [-0.15, -0.1) is 0 Å². The van der Waals surface area contributed by atoms with Gasteiger partial charge in [0.2, 0.25) is 0 Å². The number of carboxylic acid groups (broad SMARTS) is 1. The number of pyridine rings is 1. The molecule has 5 rings (SSSR count). The summed E-state index contributed by atoms with van der Waals surface area (Å²) in [5.41, 5.74) is 0.993. The molecule has 0 atom stereocenters. The highest BCUT2D eigenvalue weighted by Crippen LogP contribution is 2.56. The van der Waals surface area contributed by atoms with E-state index >= 15 is 0 Å². The fourth-order valence-electron chi connectivity index (χ4n) is 5.32. The topological polar surface area (TPSA) is 62.2 Å². The summed E-state index contributed by atoms with van der Waals surface area (Å²) in [7, 11) is 0. The van der Waals surface area contributed by atoms with Crippen LogP contribution in [0, 0.1) is 29.6 Å². The van der Waals surface area contributed by atoms with Crippen molar-refractivity contribution in [2.45, 2.75) is 32.1 Å². The highest BCUT2D eigenvalue weighted by atomic mass is 16.4. The standard InChI is InChI=1S/C17H22N2O2/c20-17(21)14-1-2-18-9-16(14)19-8-15-12-4-10-3-11(6-12)7-13(15)5-10/h1-2,9-13,15,19H,3-8H2,(H,20,21). The molecule has 1 aromatic heterocycles. The Morgan fingerprint density at radius 3 is 2.48 bits per heavy atom. The summed E-state index contributed by atoms with van der Waals surface area (Å²) in [5, 5.41) is 12.6. The maximum absolute atomic E-state index is 11.2. The number of rotatable bonds is 4. The predicted molar refractivity (Wildman–Crippen MR) is 80.2 cm³/mol. The van der Waals surface area contributed by atoms with Crippen LogP contribution in [0.2, 0.25) is 0 Å². The Balaban J connectivity index is 1.47. The molecule has 4 aliphatic rings. The van der Waals surface area contributed by atoms with E-state index < -0.39 is 5.97 Å². The second kappa shape index (κ2) is 5.00. The van der Waals surface area contributed by atoms with Gasteiger partial charge in [-0.1, -0.05) is 0 Å². The minimum Gasteiger partial charge on any atom is -0.478 e. The molecule has 0 amide bonds. The van der Waals surface area contributed by atoms with Gasteiger partial charge in [0.1, 0.15) is 0 Å². The maximum Gasteiger partial charge on any atom is 0.337 e. The molecular weight excluding hydrogens is 264 g/mol. The molecule has 1 aromatic rings. The lowest BCUT2D eigenvalue weighted by Crippen LogP contribution is -2.47. The van der Waals surface area contributed by atoms with Crippen molar-refractivity contribution in [3.8, 4) is 0 Å². The minimum atomic E-state index is -0.884. The van der Waals surface area contributed by atoms with Gasteiger partial charge >= 0.3 is 5.97 Å². The van der Waals surface area contributed by atoms with Crippen molar-refractivity contribution in [2.24, 2.45) is 29.6 Å². The number of carbonyl (C=O) groups is 1. The van der Waals surface area contributed by atoms with Gasteiger partial charge in [-0.3, -0.25) is 4.98 Å². The summed E-state index contributed by atoms with van der Waals surface area (Å²) in [6, 6.07) is 1.57. The number of nitrogens with zero attached hydrogens (tertiary/aromatic N) is 1. The van der Waals surface area contributed by atoms with Crippen molar-refractivity contribution in [3.05, 3.63) is 24.0 Å². The molecule has 0 unspecified atom stereocenters. The SMILES string of the molecule is O=C(O)c1ccncc1NCC1C2CC3CC(C2)CC1C3. The van der Waals surface area contributed by atoms with Crippen molar-refractivity contribution in [1.29, 1.82) is 0 Å². The molecule has 4 saturated carbocycles. The highest BCUT2D eigenvalue weighted by molar-refractivity contribution is 5.93. The first-order valence-electron chi connectivity index (χ1n) is 8.12. The van der Waals surface area contributed by atoms with Crippen molar-refractivity contribution in [2.75, 3.05) is 11.9 Å². The van der Waals surface area contributed by atoms with Crippen LogP contribution in [-0.2, 0) is 0 Å². The molecule has 21 heavy (non-hydrogen) atoms. The van der Waals surface area contributed by atoms with Gasteiger partial charge in [0.25, 0.3) is 0 Å². The largest absolute Gasteiger partial charge is 0.478 e. The average molecular weight is 286 g/mol. The maximum atomic E-state index is 11.2. The molecule has 4 heteroatoms. The lowest BCUT2D eigenvalue weighted by molar-refractivity contribution is -0.0305. The molecule has 0 aromatic carbocycles. The number of aromatic carboxylic acids is 1. The average Bonchev–Trinajstić information content (AvgIpc) is 2.46. The lowest BCUT2D eigenvalue weighted by Gasteiger charge is -2.54. The van der Waals surface area contributed by atoms with Crippen LogP contribution in [0.4, 0.5) is 5.69 Å². The number of anilines is 1. The van der Waals surface area contributed by atoms with E-state index in [4.69, 9.17) is 0 Å². The van der Waals surface area contributed by atoms with Crippen LogP contribution in [0.3, 0.4) is 0 Å². The second-order valence-corrected chi connectivity index (χ2v) is 7.20. The van der Waals surface area contributed by atoms with Gasteiger partial charge in [0.05, 0.1) is 17.4 Å². The smallest absolute Gasteiger partial charge is 0.337 e. The summed E-state index contributed by atoms with van der Waals surface area (Å²) in [6.07, 6.45) is 10.3. The molecule has 4 bridgehead atoms. The van der Waals surface area contributed by atoms with Crippen LogP contribution in [-0.4, -0.2) is 22.6 Å². The lowest BCUT2D eigenvalue weighted by atomic mass is 9.52. The molecule has 112 valence electrons. The summed E-state index contributed by atoms with van der Waals surface area (Å²) in [4.78, 5) is 15.3. The van der Waals surface area contributed by atoms with Gasteiger partial charge in [0.15, 0.2) is 0 Å². The molecule has 2 N–H and O–H groups in total. The number of carboxylic acids is 1. The van der Waals surface area contributed by atoms with Gasteiger partial charge in [-0.2, -0.15) is 0 Å². The molecule has 0 radical (unpaired) electrons. The molecule has 0 aliphatic heterocycles. The summed E-state index contributed by atoms with van der Waals surface area (Å²) in [5.74, 6) is 3.52. The number of hydrogen-bond donors (Lipinski definition) is 2. The Morgan fingerprint density at radius 2 is 1.86 bits per heavy atom. The van der Waals surface area contributed by atoms with Crippen molar-refractivity contribution < 1.29 is 9.90 Å². The van der Waals surface area contributed by atoms with Crippen molar-refractivity contribution >= 4 is 11.7 Å². The zero-order chi connectivity index (χ0) is 14.4. The monoisotopic (exact) mass is 286 g/mol. The van der Waals surface area contributed by atoms with Gasteiger partial charge in [-0.05, 0) is 67.8 Å². The van der Waals surface area contributed by atoms with E-state index in [1.54, 1.807) is 12.3 Å². The van der Waals surface area contributed by atoms with E-state index in [0.717, 1.165) is 36.1 Å². The van der Waals surface area contributed by atoms with Gasteiger partial charge in [-0.25, -0.2) is 4.79 Å². The number of aromatic nitrogens is 1. The first-order chi connectivity index (χ1) is 10.2. The summed E-state index contributed by atoms with van der Waals surface area (Å²) >= 11 is 0. The van der Waals surface area contributed by atoms with E-state index in [-0.39, 0.29) is 0 Å². The molecule has 4 aliphatic carbocycles. The highest BCUT2D eigenvalue weighted by Gasteiger charge is 2.47. The quantitative estimate of drug-likeness (QED) is 0.891. The second-order valence-electron chi connectivity index (χ2n) is 7.20. The molecule has 4 nitrogen and oxygen atoms in total. The molecular formula is C17H22N2O2. The third-order valence-corrected chi connectivity index (χ3v) is 6.00.